The van der Waals surface area contributed by atoms with Crippen molar-refractivity contribution in [2.75, 3.05) is 5.32 Å². The number of nitrogens with zero attached hydrogens (tertiary/aromatic N) is 3. The molecular weight excluding hydrogens is 515 g/mol. The van der Waals surface area contributed by atoms with Crippen molar-refractivity contribution in [1.82, 2.24) is 5.43 Å². The number of ether oxygens (including phenoxy) is 1. The van der Waals surface area contributed by atoms with Crippen LogP contribution in [0.2, 0.25) is 0 Å². The fourth-order valence-corrected chi connectivity index (χ4v) is 2.92. The van der Waals surface area contributed by atoms with Crippen LogP contribution in [-0.4, -0.2) is 27.4 Å². The highest BCUT2D eigenvalue weighted by atomic mass is 19.4. The van der Waals surface area contributed by atoms with Crippen LogP contribution in [0, 0.1) is 20.2 Å². The van der Waals surface area contributed by atoms with Crippen LogP contribution in [0.3, 0.4) is 0 Å². The monoisotopic (exact) mass is 531 g/mol. The molecule has 3 aromatic rings. The van der Waals surface area contributed by atoms with Gasteiger partial charge in [-0.2, -0.15) is 18.3 Å². The largest absolute Gasteiger partial charge is 0.450 e. The lowest BCUT2D eigenvalue weighted by molar-refractivity contribution is -0.394. The molecule has 0 saturated heterocycles. The van der Waals surface area contributed by atoms with E-state index in [4.69, 9.17) is 4.74 Å². The molecule has 0 aliphatic carbocycles. The number of rotatable bonds is 7. The summed E-state index contributed by atoms with van der Waals surface area (Å²) in [6, 6.07) is 12.3. The van der Waals surface area contributed by atoms with Crippen molar-refractivity contribution < 1.29 is 37.3 Å². The minimum absolute atomic E-state index is 0.0253. The van der Waals surface area contributed by atoms with E-state index in [9.17, 15) is 43.0 Å². The molecule has 3 rings (SSSR count). The second kappa shape index (κ2) is 11.2. The standard InChI is InChI=1S/C23H16F3N5O7/c1-13(28-29-22(33)21(32)27-16-6-4-15(5-7-16)23(24,25)26)14-2-9-18(10-3-14)38-20-11-8-17(30(34)35)12-19(20)31(36)37/h2-12H,1H3,(H,27,32)(H,29,33)/b28-13+. The van der Waals surface area contributed by atoms with Crippen LogP contribution in [-0.2, 0) is 15.8 Å². The number of hydrogen-bond acceptors (Lipinski definition) is 8. The molecule has 0 saturated carbocycles. The smallest absolute Gasteiger partial charge is 0.416 e. The van der Waals surface area contributed by atoms with Crippen molar-refractivity contribution >= 4 is 34.6 Å². The maximum atomic E-state index is 12.6. The van der Waals surface area contributed by atoms with Crippen LogP contribution in [0.25, 0.3) is 0 Å². The Kier molecular flexibility index (Phi) is 8.00. The lowest BCUT2D eigenvalue weighted by Gasteiger charge is -2.09. The number of halogens is 3. The van der Waals surface area contributed by atoms with E-state index in [1.807, 2.05) is 5.43 Å². The van der Waals surface area contributed by atoms with Gasteiger partial charge in [-0.3, -0.25) is 29.8 Å². The van der Waals surface area contributed by atoms with Gasteiger partial charge in [-0.25, -0.2) is 5.43 Å². The zero-order valence-corrected chi connectivity index (χ0v) is 19.2. The fraction of sp³-hybridized carbons (Fsp3) is 0.0870. The molecule has 0 radical (unpaired) electrons. The average Bonchev–Trinajstić information content (AvgIpc) is 2.87. The second-order valence-corrected chi connectivity index (χ2v) is 7.46. The first-order valence-electron chi connectivity index (χ1n) is 10.4. The molecule has 3 aromatic carbocycles. The average molecular weight is 531 g/mol. The van der Waals surface area contributed by atoms with Crippen LogP contribution in [0.15, 0.2) is 71.8 Å². The first kappa shape index (κ1) is 27.3. The molecule has 2 amide bonds. The van der Waals surface area contributed by atoms with Crippen LogP contribution in [0.1, 0.15) is 18.1 Å². The lowest BCUT2D eigenvalue weighted by atomic mass is 10.1. The summed E-state index contributed by atoms with van der Waals surface area (Å²) in [5.41, 5.74) is 0.741. The Bertz CT molecular complexity index is 1420. The summed E-state index contributed by atoms with van der Waals surface area (Å²) in [5, 5.41) is 28.0. The quantitative estimate of drug-likeness (QED) is 0.191. The minimum Gasteiger partial charge on any atom is -0.450 e. The van der Waals surface area contributed by atoms with Crippen LogP contribution in [0.5, 0.6) is 11.5 Å². The van der Waals surface area contributed by atoms with E-state index in [2.05, 4.69) is 10.4 Å². The lowest BCUT2D eigenvalue weighted by Crippen LogP contribution is -2.32. The number of anilines is 1. The summed E-state index contributed by atoms with van der Waals surface area (Å²) in [6.45, 7) is 1.51. The van der Waals surface area contributed by atoms with Crippen LogP contribution >= 0.6 is 0 Å². The van der Waals surface area contributed by atoms with Gasteiger partial charge >= 0.3 is 23.7 Å². The number of hydrazone groups is 1. The number of nitrogens with one attached hydrogen (secondary N) is 2. The molecule has 0 fully saturated rings. The summed E-state index contributed by atoms with van der Waals surface area (Å²) >= 11 is 0. The Hall–Kier alpha value is -5.34. The van der Waals surface area contributed by atoms with Crippen LogP contribution < -0.4 is 15.5 Å². The SMILES string of the molecule is C/C(=N\NC(=O)C(=O)Nc1ccc(C(F)(F)F)cc1)c1ccc(Oc2ccc([N+](=O)[O-])cc2[N+](=O)[O-])cc1. The van der Waals surface area contributed by atoms with Crippen molar-refractivity contribution in [1.29, 1.82) is 0 Å². The number of alkyl halides is 3. The van der Waals surface area contributed by atoms with Gasteiger partial charge in [0.1, 0.15) is 5.75 Å². The maximum absolute atomic E-state index is 12.6. The number of hydrogen-bond donors (Lipinski definition) is 2. The van der Waals surface area contributed by atoms with Crippen molar-refractivity contribution in [3.8, 4) is 11.5 Å². The van der Waals surface area contributed by atoms with E-state index < -0.39 is 44.8 Å². The van der Waals surface area contributed by atoms with E-state index in [-0.39, 0.29) is 22.9 Å². The third-order valence-electron chi connectivity index (χ3n) is 4.85. The molecule has 0 bridgehead atoms. The number of nitro groups is 2. The molecule has 0 unspecified atom stereocenters. The Morgan fingerprint density at radius 2 is 1.53 bits per heavy atom. The number of amides is 2. The van der Waals surface area contributed by atoms with Gasteiger partial charge in [0.15, 0.2) is 0 Å². The van der Waals surface area contributed by atoms with Crippen LogP contribution in [0.4, 0.5) is 30.2 Å². The van der Waals surface area contributed by atoms with Gasteiger partial charge in [-0.05, 0) is 67.1 Å². The third kappa shape index (κ3) is 6.87. The summed E-state index contributed by atoms with van der Waals surface area (Å²) in [6.07, 6.45) is -4.54. The van der Waals surface area contributed by atoms with Crippen molar-refractivity contribution in [3.63, 3.8) is 0 Å². The first-order chi connectivity index (χ1) is 17.8. The fourth-order valence-electron chi connectivity index (χ4n) is 2.92. The zero-order chi connectivity index (χ0) is 28.0. The highest BCUT2D eigenvalue weighted by Crippen LogP contribution is 2.34. The molecule has 196 valence electrons. The second-order valence-electron chi connectivity index (χ2n) is 7.46. The third-order valence-corrected chi connectivity index (χ3v) is 4.85. The number of nitro benzene ring substituents is 2. The molecule has 0 aliphatic heterocycles. The number of non-ortho nitro benzene ring substituents is 1. The Labute approximate surface area is 211 Å². The molecule has 15 heteroatoms. The predicted molar refractivity (Wildman–Crippen MR) is 127 cm³/mol. The summed E-state index contributed by atoms with van der Waals surface area (Å²) < 4.78 is 43.3. The summed E-state index contributed by atoms with van der Waals surface area (Å²) in [5.74, 6) is -2.38. The first-order valence-corrected chi connectivity index (χ1v) is 10.4. The van der Waals surface area contributed by atoms with E-state index in [1.165, 1.54) is 31.2 Å². The minimum atomic E-state index is -4.54. The van der Waals surface area contributed by atoms with E-state index >= 15 is 0 Å². The molecule has 38 heavy (non-hydrogen) atoms. The van der Waals surface area contributed by atoms with Crippen molar-refractivity contribution in [2.45, 2.75) is 13.1 Å². The molecule has 0 heterocycles. The van der Waals surface area contributed by atoms with Gasteiger partial charge in [0, 0.05) is 11.8 Å². The number of carbonyl (C=O) groups is 2. The summed E-state index contributed by atoms with van der Waals surface area (Å²) in [7, 11) is 0. The van der Waals surface area contributed by atoms with Gasteiger partial charge in [0.2, 0.25) is 5.75 Å². The Morgan fingerprint density at radius 3 is 2.08 bits per heavy atom. The maximum Gasteiger partial charge on any atom is 0.416 e. The van der Waals surface area contributed by atoms with Gasteiger partial charge < -0.3 is 10.1 Å². The van der Waals surface area contributed by atoms with Gasteiger partial charge in [0.05, 0.1) is 27.2 Å². The Balaban J connectivity index is 1.62. The normalized spacial score (nSPS) is 11.4. The number of carbonyl (C=O) groups excluding carboxylic acids is 2. The predicted octanol–water partition coefficient (Wildman–Crippen LogP) is 4.79. The molecule has 0 aromatic heterocycles. The van der Waals surface area contributed by atoms with E-state index in [0.717, 1.165) is 42.5 Å². The summed E-state index contributed by atoms with van der Waals surface area (Å²) in [4.78, 5) is 44.5. The highest BCUT2D eigenvalue weighted by Gasteiger charge is 2.30. The number of benzene rings is 3. The van der Waals surface area contributed by atoms with E-state index in [0.29, 0.717) is 5.56 Å². The molecule has 2 N–H and O–H groups in total. The molecule has 0 spiro atoms. The topological polar surface area (TPSA) is 166 Å². The molecule has 0 atom stereocenters. The van der Waals surface area contributed by atoms with Gasteiger partial charge in [0.25, 0.3) is 5.69 Å². The van der Waals surface area contributed by atoms with Gasteiger partial charge in [-0.1, -0.05) is 0 Å². The molecule has 0 aliphatic rings. The van der Waals surface area contributed by atoms with Gasteiger partial charge in [-0.15, -0.1) is 0 Å². The molecular formula is C23H16F3N5O7. The highest BCUT2D eigenvalue weighted by molar-refractivity contribution is 6.39. The van der Waals surface area contributed by atoms with E-state index in [1.54, 1.807) is 0 Å². The zero-order valence-electron chi connectivity index (χ0n) is 19.2. The van der Waals surface area contributed by atoms with Crippen molar-refractivity contribution in [2.24, 2.45) is 5.10 Å². The Morgan fingerprint density at radius 1 is 0.895 bits per heavy atom. The molecule has 12 nitrogen and oxygen atoms in total. The van der Waals surface area contributed by atoms with Crippen molar-refractivity contribution in [3.05, 3.63) is 98.1 Å².